The van der Waals surface area contributed by atoms with Gasteiger partial charge in [0.05, 0.1) is 11.4 Å². The van der Waals surface area contributed by atoms with E-state index in [0.29, 0.717) is 16.4 Å². The minimum absolute atomic E-state index is 0.312. The van der Waals surface area contributed by atoms with Gasteiger partial charge in [0.15, 0.2) is 0 Å². The summed E-state index contributed by atoms with van der Waals surface area (Å²) in [6.07, 6.45) is -4.43. The molecule has 1 aromatic carbocycles. The zero-order chi connectivity index (χ0) is 12.6. The van der Waals surface area contributed by atoms with Crippen molar-refractivity contribution in [1.29, 1.82) is 0 Å². The van der Waals surface area contributed by atoms with Crippen LogP contribution in [-0.2, 0) is 6.18 Å². The number of hydrogen-bond donors (Lipinski definition) is 0. The van der Waals surface area contributed by atoms with E-state index < -0.39 is 11.9 Å². The van der Waals surface area contributed by atoms with Gasteiger partial charge in [-0.1, -0.05) is 11.6 Å². The van der Waals surface area contributed by atoms with Crippen LogP contribution < -0.4 is 0 Å². The molecule has 0 spiro atoms. The van der Waals surface area contributed by atoms with Crippen LogP contribution in [0.15, 0.2) is 30.3 Å². The van der Waals surface area contributed by atoms with E-state index >= 15 is 0 Å². The van der Waals surface area contributed by atoms with Crippen LogP contribution in [0.5, 0.6) is 0 Å². The highest BCUT2D eigenvalue weighted by Gasteiger charge is 2.35. The predicted molar refractivity (Wildman–Crippen MR) is 58.3 cm³/mol. The molecule has 0 saturated heterocycles. The summed E-state index contributed by atoms with van der Waals surface area (Å²) in [4.78, 5) is 0. The van der Waals surface area contributed by atoms with Gasteiger partial charge in [-0.2, -0.15) is 18.3 Å². The zero-order valence-corrected chi connectivity index (χ0v) is 9.55. The summed E-state index contributed by atoms with van der Waals surface area (Å²) in [5, 5.41) is 4.29. The minimum atomic E-state index is -4.43. The van der Waals surface area contributed by atoms with Crippen LogP contribution >= 0.6 is 11.6 Å². The second-order valence-electron chi connectivity index (χ2n) is 3.56. The van der Waals surface area contributed by atoms with Crippen molar-refractivity contribution in [3.63, 3.8) is 0 Å². The third kappa shape index (κ3) is 2.44. The summed E-state index contributed by atoms with van der Waals surface area (Å²) in [6.45, 7) is 1.52. The van der Waals surface area contributed by atoms with Crippen molar-refractivity contribution >= 4 is 11.6 Å². The molecular weight excluding hydrogens is 253 g/mol. The Morgan fingerprint density at radius 2 is 1.76 bits per heavy atom. The molecule has 0 fully saturated rings. The average molecular weight is 261 g/mol. The monoisotopic (exact) mass is 260 g/mol. The summed E-state index contributed by atoms with van der Waals surface area (Å²) in [5.41, 5.74) is -0.153. The quantitative estimate of drug-likeness (QED) is 0.761. The molecule has 0 radical (unpaired) electrons. The molecule has 0 bridgehead atoms. The second kappa shape index (κ2) is 4.07. The fourth-order valence-corrected chi connectivity index (χ4v) is 1.61. The summed E-state index contributed by atoms with van der Waals surface area (Å²) in [5.74, 6) is 0. The van der Waals surface area contributed by atoms with Gasteiger partial charge in [0.2, 0.25) is 0 Å². The van der Waals surface area contributed by atoms with Crippen molar-refractivity contribution in [2.24, 2.45) is 0 Å². The van der Waals surface area contributed by atoms with Gasteiger partial charge < -0.3 is 0 Å². The van der Waals surface area contributed by atoms with Crippen LogP contribution in [0.4, 0.5) is 13.2 Å². The van der Waals surface area contributed by atoms with E-state index in [1.165, 1.54) is 31.2 Å². The van der Waals surface area contributed by atoms with Gasteiger partial charge in [0.25, 0.3) is 0 Å². The molecule has 0 atom stereocenters. The first-order valence-electron chi connectivity index (χ1n) is 4.78. The lowest BCUT2D eigenvalue weighted by atomic mass is 10.3. The molecule has 0 unspecified atom stereocenters. The molecule has 0 aliphatic heterocycles. The highest BCUT2D eigenvalue weighted by molar-refractivity contribution is 6.30. The molecule has 6 heteroatoms. The van der Waals surface area contributed by atoms with Crippen molar-refractivity contribution in [3.8, 4) is 5.69 Å². The number of benzene rings is 1. The van der Waals surface area contributed by atoms with E-state index in [1.807, 2.05) is 0 Å². The highest BCUT2D eigenvalue weighted by atomic mass is 35.5. The lowest BCUT2D eigenvalue weighted by molar-refractivity contribution is -0.142. The van der Waals surface area contributed by atoms with Gasteiger partial charge in [-0.15, -0.1) is 0 Å². The summed E-state index contributed by atoms with van der Waals surface area (Å²) in [7, 11) is 0. The van der Waals surface area contributed by atoms with Crippen LogP contribution in [0.3, 0.4) is 0 Å². The Morgan fingerprint density at radius 3 is 2.29 bits per heavy atom. The molecule has 90 valence electrons. The third-order valence-corrected chi connectivity index (χ3v) is 2.45. The van der Waals surface area contributed by atoms with Crippen LogP contribution in [-0.4, -0.2) is 9.78 Å². The Kier molecular flexibility index (Phi) is 2.87. The van der Waals surface area contributed by atoms with E-state index in [1.54, 1.807) is 0 Å². The van der Waals surface area contributed by atoms with Crippen LogP contribution in [0.1, 0.15) is 11.4 Å². The van der Waals surface area contributed by atoms with Gasteiger partial charge >= 0.3 is 6.18 Å². The molecule has 0 aliphatic rings. The Bertz CT molecular complexity index is 529. The van der Waals surface area contributed by atoms with Crippen molar-refractivity contribution in [2.45, 2.75) is 13.1 Å². The second-order valence-corrected chi connectivity index (χ2v) is 3.99. The van der Waals surface area contributed by atoms with Gasteiger partial charge in [-0.3, -0.25) is 0 Å². The summed E-state index contributed by atoms with van der Waals surface area (Å²) < 4.78 is 39.1. The number of rotatable bonds is 1. The maximum atomic E-state index is 12.7. The molecular formula is C11H8ClF3N2. The molecule has 0 saturated carbocycles. The number of aromatic nitrogens is 2. The van der Waals surface area contributed by atoms with Crippen molar-refractivity contribution in [3.05, 3.63) is 46.7 Å². The normalized spacial score (nSPS) is 11.8. The number of halogens is 4. The van der Waals surface area contributed by atoms with Crippen molar-refractivity contribution in [1.82, 2.24) is 9.78 Å². The summed E-state index contributed by atoms with van der Waals surface area (Å²) >= 11 is 5.68. The van der Waals surface area contributed by atoms with E-state index in [0.717, 1.165) is 10.7 Å². The molecule has 1 aromatic heterocycles. The first-order valence-corrected chi connectivity index (χ1v) is 5.15. The number of alkyl halides is 3. The average Bonchev–Trinajstić information content (AvgIpc) is 2.61. The van der Waals surface area contributed by atoms with Gasteiger partial charge in [0, 0.05) is 5.02 Å². The number of nitrogens with zero attached hydrogens (tertiary/aromatic N) is 2. The zero-order valence-electron chi connectivity index (χ0n) is 8.79. The first-order chi connectivity index (χ1) is 7.88. The van der Waals surface area contributed by atoms with Crippen LogP contribution in [0.25, 0.3) is 5.69 Å². The minimum Gasteiger partial charge on any atom is -0.228 e. The number of aryl methyl sites for hydroxylation is 1. The largest absolute Gasteiger partial charge is 0.433 e. The van der Waals surface area contributed by atoms with Crippen molar-refractivity contribution in [2.75, 3.05) is 0 Å². The third-order valence-electron chi connectivity index (χ3n) is 2.19. The lowest BCUT2D eigenvalue weighted by Gasteiger charge is -2.09. The van der Waals surface area contributed by atoms with Crippen LogP contribution in [0.2, 0.25) is 5.02 Å². The number of hydrogen-bond acceptors (Lipinski definition) is 1. The van der Waals surface area contributed by atoms with E-state index in [9.17, 15) is 13.2 Å². The smallest absolute Gasteiger partial charge is 0.228 e. The molecule has 2 nitrogen and oxygen atoms in total. The fourth-order valence-electron chi connectivity index (χ4n) is 1.48. The molecule has 2 aromatic rings. The lowest BCUT2D eigenvalue weighted by Crippen LogP contribution is -2.13. The molecule has 0 aliphatic carbocycles. The van der Waals surface area contributed by atoms with E-state index in [-0.39, 0.29) is 0 Å². The van der Waals surface area contributed by atoms with Gasteiger partial charge in [-0.25, -0.2) is 4.68 Å². The SMILES string of the molecule is Cc1cc(C(F)(F)F)n(-c2ccc(Cl)cc2)n1. The van der Waals surface area contributed by atoms with Gasteiger partial charge in [0.1, 0.15) is 5.69 Å². The predicted octanol–water partition coefficient (Wildman–Crippen LogP) is 3.85. The Hall–Kier alpha value is -1.49. The molecule has 17 heavy (non-hydrogen) atoms. The topological polar surface area (TPSA) is 17.8 Å². The fraction of sp³-hybridized carbons (Fsp3) is 0.182. The molecule has 0 N–H and O–H groups in total. The first kappa shape index (κ1) is 12.0. The molecule has 1 heterocycles. The molecule has 0 amide bonds. The van der Waals surface area contributed by atoms with Gasteiger partial charge in [-0.05, 0) is 37.3 Å². The highest BCUT2D eigenvalue weighted by Crippen LogP contribution is 2.31. The standard InChI is InChI=1S/C11H8ClF3N2/c1-7-6-10(11(13,14)15)17(16-7)9-4-2-8(12)3-5-9/h2-6H,1H3. The van der Waals surface area contributed by atoms with E-state index in [4.69, 9.17) is 11.6 Å². The summed E-state index contributed by atoms with van der Waals surface area (Å²) in [6, 6.07) is 7.03. The maximum absolute atomic E-state index is 12.7. The maximum Gasteiger partial charge on any atom is 0.433 e. The Labute approximate surface area is 101 Å². The molecule has 2 rings (SSSR count). The van der Waals surface area contributed by atoms with Crippen LogP contribution in [0, 0.1) is 6.92 Å². The van der Waals surface area contributed by atoms with E-state index in [2.05, 4.69) is 5.10 Å². The van der Waals surface area contributed by atoms with Crippen molar-refractivity contribution < 1.29 is 13.2 Å². The Balaban J connectivity index is 2.55. The Morgan fingerprint density at radius 1 is 1.18 bits per heavy atom.